The molecule has 7 rings (SSSR count). The maximum absolute atomic E-state index is 12.9. The molecule has 4 bridgehead atoms. The Kier molecular flexibility index (Phi) is 6.49. The van der Waals surface area contributed by atoms with E-state index in [0.29, 0.717) is 43.3 Å². The number of benzene rings is 2. The Bertz CT molecular complexity index is 967. The number of esters is 1. The third kappa shape index (κ3) is 4.64. The van der Waals surface area contributed by atoms with Crippen molar-refractivity contribution in [1.29, 1.82) is 0 Å². The number of cyclic esters (lactones) is 1. The van der Waals surface area contributed by atoms with Crippen molar-refractivity contribution in [2.45, 2.75) is 45.1 Å². The fourth-order valence-corrected chi connectivity index (χ4v) is 4.67. The van der Waals surface area contributed by atoms with Crippen molar-refractivity contribution >= 4 is 5.97 Å². The molecule has 0 unspecified atom stereocenters. The quantitative estimate of drug-likeness (QED) is 0.636. The lowest BCUT2D eigenvalue weighted by molar-refractivity contribution is -0.148. The Hall–Kier alpha value is -2.89. The van der Waals surface area contributed by atoms with E-state index in [1.54, 1.807) is 14.2 Å². The molecule has 5 heterocycles. The Labute approximate surface area is 189 Å². The van der Waals surface area contributed by atoms with Gasteiger partial charge in [-0.2, -0.15) is 0 Å². The molecule has 1 saturated heterocycles. The van der Waals surface area contributed by atoms with E-state index < -0.39 is 5.60 Å². The second-order valence-corrected chi connectivity index (χ2v) is 9.02. The Morgan fingerprint density at radius 3 is 1.91 bits per heavy atom. The molecule has 0 N–H and O–H groups in total. The van der Waals surface area contributed by atoms with Crippen molar-refractivity contribution in [2.24, 2.45) is 11.8 Å². The lowest BCUT2D eigenvalue weighted by Gasteiger charge is -2.27. The number of hydrogen-bond acceptors (Lipinski definition) is 6. The van der Waals surface area contributed by atoms with Crippen molar-refractivity contribution in [1.82, 2.24) is 0 Å². The van der Waals surface area contributed by atoms with Crippen LogP contribution in [0, 0.1) is 11.8 Å². The number of carbonyl (C=O) groups is 1. The van der Waals surface area contributed by atoms with Gasteiger partial charge in [-0.3, -0.25) is 4.79 Å². The van der Waals surface area contributed by atoms with Crippen LogP contribution in [-0.4, -0.2) is 39.0 Å². The Balaban J connectivity index is 1.70. The molecule has 0 radical (unpaired) electrons. The molecule has 32 heavy (non-hydrogen) atoms. The molecule has 172 valence electrons. The van der Waals surface area contributed by atoms with Gasteiger partial charge in [0.25, 0.3) is 0 Å². The van der Waals surface area contributed by atoms with Gasteiger partial charge in [-0.25, -0.2) is 0 Å². The van der Waals surface area contributed by atoms with Crippen LogP contribution < -0.4 is 18.9 Å². The van der Waals surface area contributed by atoms with Crippen LogP contribution in [0.1, 0.15) is 37.8 Å². The molecule has 2 aromatic rings. The molecule has 6 nitrogen and oxygen atoms in total. The van der Waals surface area contributed by atoms with E-state index in [9.17, 15) is 4.79 Å². The maximum atomic E-state index is 12.9. The third-order valence-electron chi connectivity index (χ3n) is 6.47. The zero-order chi connectivity index (χ0) is 22.7. The van der Waals surface area contributed by atoms with Crippen molar-refractivity contribution in [2.75, 3.05) is 27.4 Å². The van der Waals surface area contributed by atoms with Crippen LogP contribution in [0.2, 0.25) is 0 Å². The summed E-state index contributed by atoms with van der Waals surface area (Å²) >= 11 is 0. The highest BCUT2D eigenvalue weighted by molar-refractivity contribution is 5.76. The second kappa shape index (κ2) is 9.31. The topological polar surface area (TPSA) is 63.2 Å². The molecule has 0 spiro atoms. The van der Waals surface area contributed by atoms with E-state index in [1.165, 1.54) is 0 Å². The smallest absolute Gasteiger partial charge is 0.310 e. The van der Waals surface area contributed by atoms with Gasteiger partial charge in [0.2, 0.25) is 0 Å². The molecule has 0 aromatic heterocycles. The van der Waals surface area contributed by atoms with Gasteiger partial charge in [0, 0.05) is 5.92 Å². The highest BCUT2D eigenvalue weighted by Crippen LogP contribution is 2.42. The molecule has 0 aliphatic carbocycles. The molecule has 6 heteroatoms. The zero-order valence-corrected chi connectivity index (χ0v) is 19.3. The molecule has 0 amide bonds. The van der Waals surface area contributed by atoms with Gasteiger partial charge in [0.1, 0.15) is 5.60 Å². The molecule has 5 aliphatic rings. The summed E-state index contributed by atoms with van der Waals surface area (Å²) in [5, 5.41) is 0. The number of carbonyl (C=O) groups excluding carboxylic acids is 1. The van der Waals surface area contributed by atoms with E-state index in [2.05, 4.69) is 6.07 Å². The molecule has 2 atom stereocenters. The molecular formula is C26H32O6. The second-order valence-electron chi connectivity index (χ2n) is 9.02. The minimum atomic E-state index is -0.557. The first-order valence-corrected chi connectivity index (χ1v) is 11.2. The number of hydrogen-bond donors (Lipinski definition) is 0. The fraction of sp³-hybridized carbons (Fsp3) is 0.500. The van der Waals surface area contributed by atoms with Crippen LogP contribution in [0.5, 0.6) is 23.0 Å². The zero-order valence-electron chi connectivity index (χ0n) is 19.3. The van der Waals surface area contributed by atoms with Gasteiger partial charge in [-0.05, 0) is 74.9 Å². The molecule has 0 saturated carbocycles. The summed E-state index contributed by atoms with van der Waals surface area (Å²) in [6.45, 7) is 5.14. The van der Waals surface area contributed by atoms with Crippen LogP contribution in [0.4, 0.5) is 0 Å². The Morgan fingerprint density at radius 1 is 0.844 bits per heavy atom. The van der Waals surface area contributed by atoms with E-state index in [1.807, 2.05) is 44.2 Å². The maximum Gasteiger partial charge on any atom is 0.310 e. The molecule has 1 fully saturated rings. The van der Waals surface area contributed by atoms with E-state index >= 15 is 0 Å². The third-order valence-corrected chi connectivity index (χ3v) is 6.47. The summed E-state index contributed by atoms with van der Waals surface area (Å²) < 4.78 is 28.8. The highest BCUT2D eigenvalue weighted by Gasteiger charge is 2.49. The van der Waals surface area contributed by atoms with E-state index in [0.717, 1.165) is 29.7 Å². The average molecular weight is 441 g/mol. The van der Waals surface area contributed by atoms with Crippen LogP contribution in [-0.2, 0) is 22.4 Å². The van der Waals surface area contributed by atoms with Crippen LogP contribution in [0.15, 0.2) is 36.4 Å². The standard InChI is InChI=1S/C26H32O6/c1-26(2)20-14-18-8-10-22(24(16-18)29-4)31-12-6-5-11-30-21-9-7-17(15-23(21)28-3)13-19(20)25(27)32-26/h7-10,15-16,19-20H,5-6,11-14H2,1-4H3/t19-,20-/m1/s1. The van der Waals surface area contributed by atoms with Gasteiger partial charge >= 0.3 is 5.97 Å². The van der Waals surface area contributed by atoms with Crippen molar-refractivity contribution in [3.8, 4) is 23.0 Å². The van der Waals surface area contributed by atoms with Gasteiger partial charge in [0.15, 0.2) is 23.0 Å². The van der Waals surface area contributed by atoms with Crippen molar-refractivity contribution < 1.29 is 28.5 Å². The van der Waals surface area contributed by atoms with Crippen molar-refractivity contribution in [3.05, 3.63) is 47.5 Å². The normalized spacial score (nSPS) is 22.7. The number of ether oxygens (including phenoxy) is 5. The first-order chi connectivity index (χ1) is 15.4. The molecule has 2 aromatic carbocycles. The average Bonchev–Trinajstić information content (AvgIpc) is 2.98. The molecule has 5 aliphatic heterocycles. The summed E-state index contributed by atoms with van der Waals surface area (Å²) in [5.74, 6) is 2.45. The van der Waals surface area contributed by atoms with Gasteiger partial charge < -0.3 is 23.7 Å². The molecular weight excluding hydrogens is 408 g/mol. The predicted molar refractivity (Wildman–Crippen MR) is 121 cm³/mol. The summed E-state index contributed by atoms with van der Waals surface area (Å²) in [6, 6.07) is 11.9. The minimum absolute atomic E-state index is 0.0206. The summed E-state index contributed by atoms with van der Waals surface area (Å²) in [4.78, 5) is 12.9. The fourth-order valence-electron chi connectivity index (χ4n) is 4.67. The monoisotopic (exact) mass is 440 g/mol. The first kappa shape index (κ1) is 22.3. The summed E-state index contributed by atoms with van der Waals surface area (Å²) in [7, 11) is 3.29. The van der Waals surface area contributed by atoms with Crippen LogP contribution in [0.3, 0.4) is 0 Å². The summed E-state index contributed by atoms with van der Waals surface area (Å²) in [6.07, 6.45) is 3.01. The van der Waals surface area contributed by atoms with Gasteiger partial charge in [0.05, 0.1) is 33.4 Å². The van der Waals surface area contributed by atoms with Crippen LogP contribution in [0.25, 0.3) is 0 Å². The summed E-state index contributed by atoms with van der Waals surface area (Å²) in [5.41, 5.74) is 1.57. The lowest BCUT2D eigenvalue weighted by Crippen LogP contribution is -2.32. The Morgan fingerprint density at radius 2 is 1.38 bits per heavy atom. The largest absolute Gasteiger partial charge is 0.493 e. The number of methoxy groups -OCH3 is 2. The predicted octanol–water partition coefficient (Wildman–Crippen LogP) is 4.61. The lowest BCUT2D eigenvalue weighted by atomic mass is 9.76. The van der Waals surface area contributed by atoms with Crippen molar-refractivity contribution in [3.63, 3.8) is 0 Å². The van der Waals surface area contributed by atoms with E-state index in [-0.39, 0.29) is 17.8 Å². The number of rotatable bonds is 2. The first-order valence-electron chi connectivity index (χ1n) is 11.2. The van der Waals surface area contributed by atoms with Gasteiger partial charge in [-0.1, -0.05) is 12.1 Å². The SMILES string of the molecule is COc1cc2ccc1OCCCCOc1ccc(cc1OC)C[C@H]1C(=O)OC(C)(C)[C@@H]1C2. The van der Waals surface area contributed by atoms with Crippen LogP contribution >= 0.6 is 0 Å². The highest BCUT2D eigenvalue weighted by atomic mass is 16.6. The van der Waals surface area contributed by atoms with Gasteiger partial charge in [-0.15, -0.1) is 0 Å². The van der Waals surface area contributed by atoms with E-state index in [4.69, 9.17) is 23.7 Å². The minimum Gasteiger partial charge on any atom is -0.493 e.